The standard InChI is InChI=1S/C62H48/c1-35(2)39-17-13-21-43(33-39)55-47-25-9-10-26-48(47)56(44-22-14-18-40(34-44)36(3)4)62-52-30-28-50-57-49(27-29-51(58(52)57)61(55)62)59-53(41-19-11-15-37(5)31-41)45-23-7-8-24-46(45)54(60(50)59)42-20-12-16-38(6)32-42/h7-36H,1-6H3. The zero-order valence-electron chi connectivity index (χ0n) is 36.3. The number of benzene rings is 10. The van der Waals surface area contributed by atoms with Crippen molar-refractivity contribution >= 4 is 32.3 Å². The molecule has 0 unspecified atom stereocenters. The molecule has 0 aliphatic heterocycles. The van der Waals surface area contributed by atoms with Crippen LogP contribution in [0.3, 0.4) is 0 Å². The van der Waals surface area contributed by atoms with Crippen LogP contribution in [0.25, 0.3) is 121 Å². The van der Waals surface area contributed by atoms with Gasteiger partial charge in [-0.25, -0.2) is 0 Å². The fourth-order valence-electron chi connectivity index (χ4n) is 11.2. The third kappa shape index (κ3) is 5.26. The van der Waals surface area contributed by atoms with Crippen LogP contribution in [-0.2, 0) is 0 Å². The van der Waals surface area contributed by atoms with Crippen LogP contribution in [0.2, 0.25) is 0 Å². The van der Waals surface area contributed by atoms with E-state index in [1.807, 2.05) is 0 Å². The van der Waals surface area contributed by atoms with Gasteiger partial charge < -0.3 is 0 Å². The predicted molar refractivity (Wildman–Crippen MR) is 267 cm³/mol. The van der Waals surface area contributed by atoms with Gasteiger partial charge in [-0.2, -0.15) is 0 Å². The zero-order chi connectivity index (χ0) is 42.0. The second-order valence-corrected chi connectivity index (χ2v) is 18.5. The molecule has 10 aromatic rings. The van der Waals surface area contributed by atoms with E-state index in [2.05, 4.69) is 211 Å². The molecule has 296 valence electrons. The number of hydrogen-bond acceptors (Lipinski definition) is 0. The highest BCUT2D eigenvalue weighted by Crippen LogP contribution is 2.64. The average molecular weight is 793 g/mol. The van der Waals surface area contributed by atoms with Gasteiger partial charge in [-0.1, -0.05) is 209 Å². The summed E-state index contributed by atoms with van der Waals surface area (Å²) in [6.45, 7) is 13.6. The molecule has 0 bridgehead atoms. The van der Waals surface area contributed by atoms with Crippen LogP contribution in [0.4, 0.5) is 0 Å². The minimum Gasteiger partial charge on any atom is -0.0616 e. The van der Waals surface area contributed by atoms with Crippen molar-refractivity contribution in [2.45, 2.75) is 53.4 Å². The predicted octanol–water partition coefficient (Wildman–Crippen LogP) is 18.0. The Hall–Kier alpha value is -7.02. The fraction of sp³-hybridized carbons (Fsp3) is 0.129. The van der Waals surface area contributed by atoms with Crippen LogP contribution < -0.4 is 0 Å². The molecule has 62 heavy (non-hydrogen) atoms. The molecule has 0 heteroatoms. The molecule has 0 radical (unpaired) electrons. The quantitative estimate of drug-likeness (QED) is 0.157. The summed E-state index contributed by atoms with van der Waals surface area (Å²) in [5, 5.41) is 7.94. The maximum absolute atomic E-state index is 2.48. The second kappa shape index (κ2) is 13.7. The second-order valence-electron chi connectivity index (χ2n) is 18.5. The van der Waals surface area contributed by atoms with Crippen molar-refractivity contribution in [3.63, 3.8) is 0 Å². The molecule has 0 saturated heterocycles. The molecule has 12 rings (SSSR count). The van der Waals surface area contributed by atoms with Crippen molar-refractivity contribution in [1.82, 2.24) is 0 Å². The number of hydrogen-bond donors (Lipinski definition) is 0. The smallest absolute Gasteiger partial charge is 0.000740 e. The summed E-state index contributed by atoms with van der Waals surface area (Å²) < 4.78 is 0. The maximum atomic E-state index is 2.48. The van der Waals surface area contributed by atoms with Crippen LogP contribution in [0.15, 0.2) is 170 Å². The summed E-state index contributed by atoms with van der Waals surface area (Å²) >= 11 is 0. The van der Waals surface area contributed by atoms with E-state index in [9.17, 15) is 0 Å². The monoisotopic (exact) mass is 792 g/mol. The van der Waals surface area contributed by atoms with Crippen LogP contribution in [0.1, 0.15) is 61.8 Å². The number of rotatable bonds is 6. The molecule has 0 amide bonds. The van der Waals surface area contributed by atoms with Gasteiger partial charge in [0.15, 0.2) is 0 Å². The normalized spacial score (nSPS) is 12.3. The molecule has 0 aromatic heterocycles. The Labute approximate surface area is 365 Å². The molecule has 0 saturated carbocycles. The molecule has 0 atom stereocenters. The van der Waals surface area contributed by atoms with Crippen molar-refractivity contribution < 1.29 is 0 Å². The average Bonchev–Trinajstić information content (AvgIpc) is 3.79. The summed E-state index contributed by atoms with van der Waals surface area (Å²) in [5.74, 6) is 0.845. The van der Waals surface area contributed by atoms with E-state index >= 15 is 0 Å². The number of fused-ring (bicyclic) bond motifs is 8. The van der Waals surface area contributed by atoms with Gasteiger partial charge in [-0.15, -0.1) is 0 Å². The van der Waals surface area contributed by atoms with E-state index in [0.29, 0.717) is 11.8 Å². The van der Waals surface area contributed by atoms with Gasteiger partial charge in [0.05, 0.1) is 0 Å². The molecule has 2 aliphatic rings. The Bertz CT molecular complexity index is 3310. The van der Waals surface area contributed by atoms with Crippen LogP contribution in [-0.4, -0.2) is 0 Å². The van der Waals surface area contributed by atoms with E-state index in [1.54, 1.807) is 0 Å². The summed E-state index contributed by atoms with van der Waals surface area (Å²) in [6.07, 6.45) is 0. The van der Waals surface area contributed by atoms with Gasteiger partial charge in [0.25, 0.3) is 0 Å². The Kier molecular flexibility index (Phi) is 8.16. The lowest BCUT2D eigenvalue weighted by molar-refractivity contribution is 0.867. The first kappa shape index (κ1) is 36.8. The highest BCUT2D eigenvalue weighted by molar-refractivity contribution is 6.35. The summed E-state index contributed by atoms with van der Waals surface area (Å²) in [6, 6.07) is 65.2. The summed E-state index contributed by atoms with van der Waals surface area (Å²) in [5.41, 5.74) is 26.4. The molecule has 0 spiro atoms. The minimum absolute atomic E-state index is 0.423. The minimum atomic E-state index is 0.423. The fourth-order valence-corrected chi connectivity index (χ4v) is 11.2. The third-order valence-electron chi connectivity index (χ3n) is 14.0. The van der Waals surface area contributed by atoms with Crippen molar-refractivity contribution in [2.75, 3.05) is 0 Å². The molecule has 0 fully saturated rings. The number of aryl methyl sites for hydroxylation is 2. The SMILES string of the molecule is Cc1cccc(-c2c3c(c(-c4cccc(C)c4)c4ccccc24)-c2ccc4c5c(ccc-3c25)-c2c-4c(-c3cccc(C(C)C)c3)c3ccccc3c2-c2cccc(C(C)C)c2)c1. The molecule has 10 aromatic carbocycles. The van der Waals surface area contributed by atoms with Crippen LogP contribution in [0.5, 0.6) is 0 Å². The molecule has 0 N–H and O–H groups in total. The summed E-state index contributed by atoms with van der Waals surface area (Å²) in [4.78, 5) is 0. The third-order valence-corrected chi connectivity index (χ3v) is 14.0. The van der Waals surface area contributed by atoms with Crippen molar-refractivity contribution in [2.24, 2.45) is 0 Å². The first-order valence-corrected chi connectivity index (χ1v) is 22.4. The van der Waals surface area contributed by atoms with Gasteiger partial charge in [-0.05, 0) is 158 Å². The topological polar surface area (TPSA) is 0 Å². The molecule has 0 nitrogen and oxygen atoms in total. The zero-order valence-corrected chi connectivity index (χ0v) is 36.3. The van der Waals surface area contributed by atoms with Gasteiger partial charge in [0.2, 0.25) is 0 Å². The van der Waals surface area contributed by atoms with E-state index in [4.69, 9.17) is 0 Å². The van der Waals surface area contributed by atoms with E-state index in [-0.39, 0.29) is 0 Å². The van der Waals surface area contributed by atoms with E-state index in [1.165, 1.54) is 144 Å². The Morgan fingerprint density at radius 3 is 0.855 bits per heavy atom. The lowest BCUT2D eigenvalue weighted by Crippen LogP contribution is -1.96. The Morgan fingerprint density at radius 2 is 0.565 bits per heavy atom. The highest BCUT2D eigenvalue weighted by Gasteiger charge is 2.37. The van der Waals surface area contributed by atoms with Crippen LogP contribution >= 0.6 is 0 Å². The van der Waals surface area contributed by atoms with E-state index in [0.717, 1.165) is 0 Å². The maximum Gasteiger partial charge on any atom is -0.000740 e. The van der Waals surface area contributed by atoms with Crippen molar-refractivity contribution in [1.29, 1.82) is 0 Å². The van der Waals surface area contributed by atoms with E-state index < -0.39 is 0 Å². The highest BCUT2D eigenvalue weighted by atomic mass is 14.4. The van der Waals surface area contributed by atoms with Crippen LogP contribution in [0, 0.1) is 13.8 Å². The Morgan fingerprint density at radius 1 is 0.274 bits per heavy atom. The molecular formula is C62H48. The molecular weight excluding hydrogens is 745 g/mol. The van der Waals surface area contributed by atoms with Gasteiger partial charge >= 0.3 is 0 Å². The largest absolute Gasteiger partial charge is 0.0616 e. The lowest BCUT2D eigenvalue weighted by Gasteiger charge is -2.22. The Balaban J connectivity index is 1.26. The van der Waals surface area contributed by atoms with Gasteiger partial charge in [0, 0.05) is 0 Å². The summed E-state index contributed by atoms with van der Waals surface area (Å²) in [7, 11) is 0. The molecule has 0 heterocycles. The lowest BCUT2D eigenvalue weighted by atomic mass is 9.81. The van der Waals surface area contributed by atoms with Gasteiger partial charge in [-0.3, -0.25) is 0 Å². The van der Waals surface area contributed by atoms with Crippen molar-refractivity contribution in [3.8, 4) is 89.0 Å². The van der Waals surface area contributed by atoms with Gasteiger partial charge in [0.1, 0.15) is 0 Å². The first-order chi connectivity index (χ1) is 30.3. The van der Waals surface area contributed by atoms with Crippen molar-refractivity contribution in [3.05, 3.63) is 192 Å². The molecule has 2 aliphatic carbocycles. The first-order valence-electron chi connectivity index (χ1n) is 22.4.